The second-order valence-corrected chi connectivity index (χ2v) is 7.28. The van der Waals surface area contributed by atoms with E-state index in [2.05, 4.69) is 4.90 Å². The van der Waals surface area contributed by atoms with Crippen LogP contribution in [0.15, 0.2) is 60.7 Å². The third-order valence-corrected chi connectivity index (χ3v) is 5.41. The third kappa shape index (κ3) is 6.69. The number of carbonyl (C=O) groups is 1. The van der Waals surface area contributed by atoms with E-state index in [0.29, 0.717) is 19.6 Å². The van der Waals surface area contributed by atoms with Crippen LogP contribution in [0.5, 0.6) is 0 Å². The first-order valence-electron chi connectivity index (χ1n) is 9.61. The molecule has 2 aromatic rings. The highest BCUT2D eigenvalue weighted by Crippen LogP contribution is 2.22. The molecule has 5 nitrogen and oxygen atoms in total. The van der Waals surface area contributed by atoms with Crippen molar-refractivity contribution in [2.75, 3.05) is 32.7 Å². The van der Waals surface area contributed by atoms with Crippen LogP contribution in [0.1, 0.15) is 30.2 Å². The van der Waals surface area contributed by atoms with Gasteiger partial charge in [0.1, 0.15) is 0 Å². The smallest absolute Gasteiger partial charge is 0.227 e. The second kappa shape index (κ2) is 12.2. The van der Waals surface area contributed by atoms with Gasteiger partial charge in [-0.3, -0.25) is 9.69 Å². The molecule has 1 fully saturated rings. The molecule has 3 N–H and O–H groups in total. The summed E-state index contributed by atoms with van der Waals surface area (Å²) in [5.74, 6) is -0.150. The van der Waals surface area contributed by atoms with Crippen LogP contribution >= 0.6 is 24.8 Å². The Balaban J connectivity index is 0.00000210. The fraction of sp³-hybridized carbons (Fsp3) is 0.409. The Morgan fingerprint density at radius 2 is 1.41 bits per heavy atom. The van der Waals surface area contributed by atoms with E-state index in [4.69, 9.17) is 5.73 Å². The lowest BCUT2D eigenvalue weighted by atomic mass is 9.94. The molecule has 1 amide bonds. The van der Waals surface area contributed by atoms with E-state index in [9.17, 15) is 9.90 Å². The maximum atomic E-state index is 12.8. The molecule has 1 saturated heterocycles. The molecule has 29 heavy (non-hydrogen) atoms. The van der Waals surface area contributed by atoms with Gasteiger partial charge >= 0.3 is 0 Å². The number of rotatable bonds is 6. The van der Waals surface area contributed by atoms with E-state index < -0.39 is 6.10 Å². The van der Waals surface area contributed by atoms with Crippen molar-refractivity contribution in [2.24, 2.45) is 11.7 Å². The Hall–Kier alpha value is -1.63. The fourth-order valence-electron chi connectivity index (χ4n) is 3.58. The average Bonchev–Trinajstić information content (AvgIpc) is 2.74. The first-order valence-corrected chi connectivity index (χ1v) is 9.61. The standard InChI is InChI=1S/C22H29N3O2.2ClH/c1-17(21(23)19-10-6-3-7-11-19)22(27)25-14-12-24(13-15-25)16-20(26)18-8-4-2-5-9-18;;/h2-11,17,20-21,26H,12-16,23H2,1H3;2*1H. The quantitative estimate of drug-likeness (QED) is 0.725. The molecule has 0 saturated carbocycles. The number of benzene rings is 2. The predicted molar refractivity (Wildman–Crippen MR) is 121 cm³/mol. The first-order chi connectivity index (χ1) is 13.1. The normalized spacial score (nSPS) is 17.4. The van der Waals surface area contributed by atoms with Gasteiger partial charge in [-0.25, -0.2) is 0 Å². The van der Waals surface area contributed by atoms with Gasteiger partial charge in [-0.1, -0.05) is 67.6 Å². The third-order valence-electron chi connectivity index (χ3n) is 5.41. The summed E-state index contributed by atoms with van der Waals surface area (Å²) in [6.07, 6.45) is -0.501. The SMILES string of the molecule is CC(C(=O)N1CCN(CC(O)c2ccccc2)CC1)C(N)c1ccccc1.Cl.Cl. The molecule has 1 aliphatic heterocycles. The number of aliphatic hydroxyl groups is 1. The number of nitrogens with zero attached hydrogens (tertiary/aromatic N) is 2. The molecule has 0 bridgehead atoms. The fourth-order valence-corrected chi connectivity index (χ4v) is 3.58. The number of piperazine rings is 1. The van der Waals surface area contributed by atoms with Crippen LogP contribution in [0.2, 0.25) is 0 Å². The highest BCUT2D eigenvalue weighted by atomic mass is 35.5. The highest BCUT2D eigenvalue weighted by molar-refractivity contribution is 5.85. The number of hydrogen-bond acceptors (Lipinski definition) is 4. The summed E-state index contributed by atoms with van der Waals surface area (Å²) in [4.78, 5) is 17.0. The van der Waals surface area contributed by atoms with Crippen molar-refractivity contribution in [2.45, 2.75) is 19.1 Å². The summed E-state index contributed by atoms with van der Waals surface area (Å²) in [6.45, 7) is 5.38. The zero-order valence-electron chi connectivity index (χ0n) is 16.7. The molecule has 0 radical (unpaired) electrons. The van der Waals surface area contributed by atoms with Crippen LogP contribution < -0.4 is 5.73 Å². The summed E-state index contributed by atoms with van der Waals surface area (Å²) >= 11 is 0. The molecule has 160 valence electrons. The minimum absolute atomic E-state index is 0. The van der Waals surface area contributed by atoms with Crippen LogP contribution in [0.3, 0.4) is 0 Å². The van der Waals surface area contributed by atoms with Gasteiger partial charge in [-0.15, -0.1) is 24.8 Å². The van der Waals surface area contributed by atoms with Crippen LogP contribution in [0, 0.1) is 5.92 Å². The molecule has 2 aromatic carbocycles. The van der Waals surface area contributed by atoms with Crippen molar-refractivity contribution in [3.05, 3.63) is 71.8 Å². The molecule has 1 aliphatic rings. The minimum atomic E-state index is -0.501. The van der Waals surface area contributed by atoms with E-state index in [0.717, 1.165) is 24.2 Å². The van der Waals surface area contributed by atoms with E-state index in [1.54, 1.807) is 0 Å². The first kappa shape index (κ1) is 25.4. The maximum Gasteiger partial charge on any atom is 0.227 e. The molecule has 1 heterocycles. The van der Waals surface area contributed by atoms with Gasteiger partial charge in [0.15, 0.2) is 0 Å². The van der Waals surface area contributed by atoms with E-state index in [1.165, 1.54) is 0 Å². The number of aliphatic hydroxyl groups excluding tert-OH is 1. The van der Waals surface area contributed by atoms with Crippen molar-refractivity contribution in [3.8, 4) is 0 Å². The van der Waals surface area contributed by atoms with Gasteiger partial charge in [0, 0.05) is 38.8 Å². The lowest BCUT2D eigenvalue weighted by molar-refractivity contribution is -0.137. The monoisotopic (exact) mass is 439 g/mol. The number of amides is 1. The number of carbonyl (C=O) groups excluding carboxylic acids is 1. The van der Waals surface area contributed by atoms with Gasteiger partial charge in [-0.2, -0.15) is 0 Å². The zero-order chi connectivity index (χ0) is 19.2. The Bertz CT molecular complexity index is 725. The van der Waals surface area contributed by atoms with Gasteiger partial charge in [0.05, 0.1) is 12.0 Å². The predicted octanol–water partition coefficient (Wildman–Crippen LogP) is 3.04. The van der Waals surface area contributed by atoms with Gasteiger partial charge < -0.3 is 15.7 Å². The molecule has 7 heteroatoms. The number of nitrogens with two attached hydrogens (primary N) is 1. The molecule has 0 spiro atoms. The Kier molecular flexibility index (Phi) is 10.6. The second-order valence-electron chi connectivity index (χ2n) is 7.28. The summed E-state index contributed by atoms with van der Waals surface area (Å²) in [5.41, 5.74) is 8.23. The molecule has 0 aromatic heterocycles. The minimum Gasteiger partial charge on any atom is -0.387 e. The molecular formula is C22H31Cl2N3O2. The Morgan fingerprint density at radius 3 is 1.93 bits per heavy atom. The highest BCUT2D eigenvalue weighted by Gasteiger charge is 2.29. The van der Waals surface area contributed by atoms with Crippen molar-refractivity contribution in [3.63, 3.8) is 0 Å². The van der Waals surface area contributed by atoms with Gasteiger partial charge in [-0.05, 0) is 11.1 Å². The summed E-state index contributed by atoms with van der Waals surface area (Å²) in [6, 6.07) is 19.2. The van der Waals surface area contributed by atoms with Crippen molar-refractivity contribution in [1.29, 1.82) is 0 Å². The van der Waals surface area contributed by atoms with Crippen molar-refractivity contribution >= 4 is 30.7 Å². The van der Waals surface area contributed by atoms with Gasteiger partial charge in [0.25, 0.3) is 0 Å². The largest absolute Gasteiger partial charge is 0.387 e. The summed E-state index contributed by atoms with van der Waals surface area (Å²) in [7, 11) is 0. The number of halogens is 2. The van der Waals surface area contributed by atoms with Crippen molar-refractivity contribution < 1.29 is 9.90 Å². The average molecular weight is 440 g/mol. The molecule has 3 rings (SSSR count). The van der Waals surface area contributed by atoms with E-state index in [-0.39, 0.29) is 42.7 Å². The van der Waals surface area contributed by atoms with Crippen molar-refractivity contribution in [1.82, 2.24) is 9.80 Å². The van der Waals surface area contributed by atoms with E-state index >= 15 is 0 Å². The lowest BCUT2D eigenvalue weighted by Crippen LogP contribution is -2.51. The molecular weight excluding hydrogens is 409 g/mol. The Labute approximate surface area is 185 Å². The Morgan fingerprint density at radius 1 is 0.931 bits per heavy atom. The van der Waals surface area contributed by atoms with E-state index in [1.807, 2.05) is 72.5 Å². The molecule has 0 aliphatic carbocycles. The molecule has 3 atom stereocenters. The van der Waals surface area contributed by atoms with Gasteiger partial charge in [0.2, 0.25) is 5.91 Å². The number of β-amino-alcohol motifs (C(OH)–C–C–N with tert-alkyl or cyclic N) is 1. The summed E-state index contributed by atoms with van der Waals surface area (Å²) < 4.78 is 0. The van der Waals surface area contributed by atoms with Crippen LogP contribution in [0.25, 0.3) is 0 Å². The number of hydrogen-bond donors (Lipinski definition) is 2. The van der Waals surface area contributed by atoms with Crippen LogP contribution in [-0.4, -0.2) is 53.5 Å². The molecule has 3 unspecified atom stereocenters. The lowest BCUT2D eigenvalue weighted by Gasteiger charge is -2.37. The topological polar surface area (TPSA) is 69.8 Å². The zero-order valence-corrected chi connectivity index (χ0v) is 18.3. The van der Waals surface area contributed by atoms with Crippen LogP contribution in [-0.2, 0) is 4.79 Å². The van der Waals surface area contributed by atoms with Crippen LogP contribution in [0.4, 0.5) is 0 Å². The maximum absolute atomic E-state index is 12.8. The summed E-state index contributed by atoms with van der Waals surface area (Å²) in [5, 5.41) is 10.4.